The summed E-state index contributed by atoms with van der Waals surface area (Å²) in [6.07, 6.45) is 1.66. The summed E-state index contributed by atoms with van der Waals surface area (Å²) in [4.78, 5) is 16.4. The molecule has 0 aromatic heterocycles. The van der Waals surface area contributed by atoms with Crippen LogP contribution in [0.3, 0.4) is 0 Å². The third-order valence-corrected chi connectivity index (χ3v) is 5.21. The van der Waals surface area contributed by atoms with E-state index in [1.165, 1.54) is 5.56 Å². The molecule has 1 amide bonds. The van der Waals surface area contributed by atoms with Gasteiger partial charge in [-0.15, -0.1) is 0 Å². The number of halogens is 1. The molecule has 0 unspecified atom stereocenters. The molecule has 1 aromatic carbocycles. The standard InChI is InChI=1S/C19H29BrN2O3/c1-19(2,3)25-18(23)21(4)14-9-11-22(12-10-14)13-15-16(20)7-6-8-17(15)24-5/h6-8,14H,9-13H2,1-5H3. The second-order valence-electron chi connectivity index (χ2n) is 7.52. The van der Waals surface area contributed by atoms with Gasteiger partial charge in [-0.3, -0.25) is 4.90 Å². The maximum Gasteiger partial charge on any atom is 0.410 e. The largest absolute Gasteiger partial charge is 0.496 e. The molecule has 0 spiro atoms. The van der Waals surface area contributed by atoms with Crippen molar-refractivity contribution in [2.75, 3.05) is 27.2 Å². The van der Waals surface area contributed by atoms with E-state index >= 15 is 0 Å². The molecule has 1 aromatic rings. The lowest BCUT2D eigenvalue weighted by Gasteiger charge is -2.37. The molecule has 0 aliphatic carbocycles. The number of nitrogens with zero attached hydrogens (tertiary/aromatic N) is 2. The Hall–Kier alpha value is -1.27. The van der Waals surface area contributed by atoms with Gasteiger partial charge in [0.15, 0.2) is 0 Å². The lowest BCUT2D eigenvalue weighted by Crippen LogP contribution is -2.46. The minimum atomic E-state index is -0.456. The Morgan fingerprint density at radius 1 is 1.32 bits per heavy atom. The molecule has 25 heavy (non-hydrogen) atoms. The Labute approximate surface area is 159 Å². The summed E-state index contributed by atoms with van der Waals surface area (Å²) in [7, 11) is 3.54. The van der Waals surface area contributed by atoms with Crippen molar-refractivity contribution < 1.29 is 14.3 Å². The lowest BCUT2D eigenvalue weighted by molar-refractivity contribution is 0.0148. The Kier molecular flexibility index (Phi) is 6.74. The van der Waals surface area contributed by atoms with E-state index in [0.717, 1.165) is 42.7 Å². The van der Waals surface area contributed by atoms with E-state index in [4.69, 9.17) is 9.47 Å². The fraction of sp³-hybridized carbons (Fsp3) is 0.632. The first kappa shape index (κ1) is 20.0. The molecule has 1 heterocycles. The van der Waals surface area contributed by atoms with Crippen molar-refractivity contribution in [3.63, 3.8) is 0 Å². The summed E-state index contributed by atoms with van der Waals surface area (Å²) in [5.74, 6) is 0.905. The van der Waals surface area contributed by atoms with Crippen molar-refractivity contribution in [1.82, 2.24) is 9.80 Å². The lowest BCUT2D eigenvalue weighted by atomic mass is 10.0. The van der Waals surface area contributed by atoms with Crippen molar-refractivity contribution in [2.24, 2.45) is 0 Å². The molecule has 1 fully saturated rings. The molecule has 1 aliphatic rings. The van der Waals surface area contributed by atoms with Crippen LogP contribution in [-0.2, 0) is 11.3 Å². The quantitative estimate of drug-likeness (QED) is 0.739. The molecule has 1 saturated heterocycles. The monoisotopic (exact) mass is 412 g/mol. The third kappa shape index (κ3) is 5.61. The maximum atomic E-state index is 12.2. The highest BCUT2D eigenvalue weighted by molar-refractivity contribution is 9.10. The van der Waals surface area contributed by atoms with Gasteiger partial charge in [-0.25, -0.2) is 4.79 Å². The fourth-order valence-electron chi connectivity index (χ4n) is 3.05. The first-order chi connectivity index (χ1) is 11.7. The van der Waals surface area contributed by atoms with Gasteiger partial charge in [0.25, 0.3) is 0 Å². The molecule has 0 saturated carbocycles. The van der Waals surface area contributed by atoms with Gasteiger partial charge in [0, 0.05) is 42.8 Å². The van der Waals surface area contributed by atoms with Crippen LogP contribution in [0.5, 0.6) is 5.75 Å². The van der Waals surface area contributed by atoms with E-state index in [-0.39, 0.29) is 12.1 Å². The maximum absolute atomic E-state index is 12.2. The minimum Gasteiger partial charge on any atom is -0.496 e. The Balaban J connectivity index is 1.91. The third-order valence-electron chi connectivity index (χ3n) is 4.46. The van der Waals surface area contributed by atoms with Gasteiger partial charge in [-0.05, 0) is 45.7 Å². The Morgan fingerprint density at radius 2 is 1.96 bits per heavy atom. The van der Waals surface area contributed by atoms with Crippen molar-refractivity contribution >= 4 is 22.0 Å². The van der Waals surface area contributed by atoms with Crippen LogP contribution >= 0.6 is 15.9 Å². The second kappa shape index (κ2) is 8.41. The molecule has 140 valence electrons. The van der Waals surface area contributed by atoms with Crippen LogP contribution in [0, 0.1) is 0 Å². The number of ether oxygens (including phenoxy) is 2. The van der Waals surface area contributed by atoms with E-state index in [0.29, 0.717) is 0 Å². The summed E-state index contributed by atoms with van der Waals surface area (Å²) in [6, 6.07) is 6.24. The van der Waals surface area contributed by atoms with Crippen LogP contribution in [0.4, 0.5) is 4.79 Å². The average molecular weight is 413 g/mol. The van der Waals surface area contributed by atoms with Gasteiger partial charge in [0.05, 0.1) is 7.11 Å². The number of methoxy groups -OCH3 is 1. The average Bonchev–Trinajstić information content (AvgIpc) is 2.55. The minimum absolute atomic E-state index is 0.229. The highest BCUT2D eigenvalue weighted by Crippen LogP contribution is 2.29. The van der Waals surface area contributed by atoms with Gasteiger partial charge in [0.1, 0.15) is 11.4 Å². The molecule has 0 radical (unpaired) electrons. The summed E-state index contributed by atoms with van der Waals surface area (Å²) in [6.45, 7) is 8.42. The predicted molar refractivity (Wildman–Crippen MR) is 103 cm³/mol. The van der Waals surface area contributed by atoms with Crippen molar-refractivity contribution in [3.8, 4) is 5.75 Å². The van der Waals surface area contributed by atoms with E-state index < -0.39 is 5.60 Å². The fourth-order valence-corrected chi connectivity index (χ4v) is 3.53. The normalized spacial score (nSPS) is 16.6. The molecule has 5 nitrogen and oxygen atoms in total. The molecular weight excluding hydrogens is 384 g/mol. The topological polar surface area (TPSA) is 42.0 Å². The van der Waals surface area contributed by atoms with Crippen LogP contribution in [0.25, 0.3) is 0 Å². The Bertz CT molecular complexity index is 593. The van der Waals surface area contributed by atoms with Crippen molar-refractivity contribution in [3.05, 3.63) is 28.2 Å². The highest BCUT2D eigenvalue weighted by Gasteiger charge is 2.28. The van der Waals surface area contributed by atoms with E-state index in [2.05, 4.69) is 20.8 Å². The van der Waals surface area contributed by atoms with Crippen LogP contribution in [0.2, 0.25) is 0 Å². The molecule has 1 aliphatic heterocycles. The van der Waals surface area contributed by atoms with E-state index in [1.807, 2.05) is 46.0 Å². The van der Waals surface area contributed by atoms with E-state index in [1.54, 1.807) is 12.0 Å². The molecule has 0 bridgehead atoms. The molecular formula is C19H29BrN2O3. The van der Waals surface area contributed by atoms with Gasteiger partial charge in [0.2, 0.25) is 0 Å². The number of hydrogen-bond donors (Lipinski definition) is 0. The molecule has 0 atom stereocenters. The zero-order valence-electron chi connectivity index (χ0n) is 15.8. The Morgan fingerprint density at radius 3 is 2.52 bits per heavy atom. The number of piperidine rings is 1. The number of amides is 1. The zero-order chi connectivity index (χ0) is 18.6. The first-order valence-corrected chi connectivity index (χ1v) is 9.50. The number of hydrogen-bond acceptors (Lipinski definition) is 4. The SMILES string of the molecule is COc1cccc(Br)c1CN1CCC(N(C)C(=O)OC(C)(C)C)CC1. The predicted octanol–water partition coefficient (Wildman–Crippen LogP) is 4.29. The summed E-state index contributed by atoms with van der Waals surface area (Å²) in [5, 5.41) is 0. The first-order valence-electron chi connectivity index (χ1n) is 8.71. The van der Waals surface area contributed by atoms with Gasteiger partial charge >= 0.3 is 6.09 Å². The van der Waals surface area contributed by atoms with E-state index in [9.17, 15) is 4.79 Å². The molecule has 6 heteroatoms. The number of carbonyl (C=O) groups excluding carboxylic acids is 1. The van der Waals surface area contributed by atoms with Crippen molar-refractivity contribution in [1.29, 1.82) is 0 Å². The smallest absolute Gasteiger partial charge is 0.410 e. The van der Waals surface area contributed by atoms with Gasteiger partial charge < -0.3 is 14.4 Å². The van der Waals surface area contributed by atoms with Crippen LogP contribution < -0.4 is 4.74 Å². The summed E-state index contributed by atoms with van der Waals surface area (Å²) < 4.78 is 12.0. The van der Waals surface area contributed by atoms with Crippen molar-refractivity contribution in [2.45, 2.75) is 51.8 Å². The second-order valence-corrected chi connectivity index (χ2v) is 8.37. The number of benzene rings is 1. The molecule has 0 N–H and O–H groups in total. The zero-order valence-corrected chi connectivity index (χ0v) is 17.4. The number of carbonyl (C=O) groups is 1. The summed E-state index contributed by atoms with van der Waals surface area (Å²) in [5.41, 5.74) is 0.714. The van der Waals surface area contributed by atoms with Gasteiger partial charge in [-0.1, -0.05) is 22.0 Å². The number of rotatable bonds is 4. The van der Waals surface area contributed by atoms with Crippen LogP contribution in [0.1, 0.15) is 39.2 Å². The number of likely N-dealkylation sites (tertiary alicyclic amines) is 1. The van der Waals surface area contributed by atoms with Crippen LogP contribution in [-0.4, -0.2) is 54.8 Å². The highest BCUT2D eigenvalue weighted by atomic mass is 79.9. The molecule has 2 rings (SSSR count). The van der Waals surface area contributed by atoms with Crippen LogP contribution in [0.15, 0.2) is 22.7 Å². The summed E-state index contributed by atoms with van der Waals surface area (Å²) >= 11 is 3.62. The van der Waals surface area contributed by atoms with Gasteiger partial charge in [-0.2, -0.15) is 0 Å².